The number of nitrogens with zero attached hydrogens (tertiary/aromatic N) is 4. The largest absolute Gasteiger partial charge is 0.299 e. The van der Waals surface area contributed by atoms with Gasteiger partial charge in [0.2, 0.25) is 11.0 Å². The van der Waals surface area contributed by atoms with E-state index in [1.54, 1.807) is 6.20 Å². The number of hydrogen-bond donors (Lipinski definition) is 1. The molecule has 1 amide bonds. The molecule has 150 valence electrons. The molecule has 1 unspecified atom stereocenters. The van der Waals surface area contributed by atoms with Crippen molar-refractivity contribution in [2.45, 2.75) is 6.04 Å². The van der Waals surface area contributed by atoms with Crippen LogP contribution >= 0.6 is 11.3 Å². The van der Waals surface area contributed by atoms with E-state index in [2.05, 4.69) is 20.5 Å². The standard InChI is InChI=1S/C19H19N5O3S2/c25-17(21-19-23-22-18(28-19)15-8-4-5-9-20-15)16(14-6-2-1-3-7-14)24-10-12-29(26,27)13-11-24/h1-9,16H,10-13H2,(H,21,23,25). The molecule has 0 aliphatic carbocycles. The monoisotopic (exact) mass is 429 g/mol. The lowest BCUT2D eigenvalue weighted by Gasteiger charge is -2.33. The first-order chi connectivity index (χ1) is 14.0. The minimum atomic E-state index is -3.04. The zero-order valence-electron chi connectivity index (χ0n) is 15.4. The Labute approximate surface area is 172 Å². The Bertz CT molecular complexity index is 1070. The normalized spacial score (nSPS) is 17.5. The van der Waals surface area contributed by atoms with Crippen molar-refractivity contribution in [1.82, 2.24) is 20.1 Å². The van der Waals surface area contributed by atoms with Gasteiger partial charge in [0.25, 0.3) is 0 Å². The Morgan fingerprint density at radius 3 is 2.45 bits per heavy atom. The molecule has 2 aromatic heterocycles. The molecule has 0 bridgehead atoms. The third kappa shape index (κ3) is 4.66. The molecule has 1 atom stereocenters. The highest BCUT2D eigenvalue weighted by Gasteiger charge is 2.33. The number of carbonyl (C=O) groups excluding carboxylic acids is 1. The van der Waals surface area contributed by atoms with Gasteiger partial charge < -0.3 is 0 Å². The fraction of sp³-hybridized carbons (Fsp3) is 0.263. The van der Waals surface area contributed by atoms with Crippen LogP contribution < -0.4 is 5.32 Å². The van der Waals surface area contributed by atoms with Crippen LogP contribution in [0.1, 0.15) is 11.6 Å². The zero-order chi connectivity index (χ0) is 20.3. The number of carbonyl (C=O) groups is 1. The lowest BCUT2D eigenvalue weighted by Crippen LogP contribution is -2.46. The minimum absolute atomic E-state index is 0.0479. The van der Waals surface area contributed by atoms with Crippen molar-refractivity contribution in [3.05, 3.63) is 60.3 Å². The Balaban J connectivity index is 1.55. The molecule has 1 saturated heterocycles. The van der Waals surface area contributed by atoms with Gasteiger partial charge in [0, 0.05) is 19.3 Å². The highest BCUT2D eigenvalue weighted by Crippen LogP contribution is 2.28. The summed E-state index contributed by atoms with van der Waals surface area (Å²) >= 11 is 1.24. The summed E-state index contributed by atoms with van der Waals surface area (Å²) in [6.07, 6.45) is 1.67. The minimum Gasteiger partial charge on any atom is -0.299 e. The predicted octanol–water partition coefficient (Wildman–Crippen LogP) is 2.01. The summed E-state index contributed by atoms with van der Waals surface area (Å²) in [5, 5.41) is 12.0. The van der Waals surface area contributed by atoms with Crippen LogP contribution in [-0.2, 0) is 14.6 Å². The van der Waals surface area contributed by atoms with Crippen LogP contribution in [0.5, 0.6) is 0 Å². The van der Waals surface area contributed by atoms with Gasteiger partial charge in [-0.15, -0.1) is 10.2 Å². The van der Waals surface area contributed by atoms with Crippen molar-refractivity contribution in [2.24, 2.45) is 0 Å². The number of nitrogens with one attached hydrogen (secondary N) is 1. The number of sulfone groups is 1. The van der Waals surface area contributed by atoms with E-state index in [0.717, 1.165) is 5.56 Å². The van der Waals surface area contributed by atoms with Crippen LogP contribution in [0.4, 0.5) is 5.13 Å². The molecule has 1 N–H and O–H groups in total. The lowest BCUT2D eigenvalue weighted by atomic mass is 10.0. The number of aromatic nitrogens is 3. The summed E-state index contributed by atoms with van der Waals surface area (Å²) in [4.78, 5) is 19.3. The van der Waals surface area contributed by atoms with Crippen molar-refractivity contribution in [3.8, 4) is 10.7 Å². The first-order valence-electron chi connectivity index (χ1n) is 9.07. The van der Waals surface area contributed by atoms with E-state index in [9.17, 15) is 13.2 Å². The zero-order valence-corrected chi connectivity index (χ0v) is 17.1. The fourth-order valence-electron chi connectivity index (χ4n) is 3.19. The number of anilines is 1. The first-order valence-corrected chi connectivity index (χ1v) is 11.7. The van der Waals surface area contributed by atoms with E-state index in [1.165, 1.54) is 11.3 Å². The lowest BCUT2D eigenvalue weighted by molar-refractivity contribution is -0.121. The summed E-state index contributed by atoms with van der Waals surface area (Å²) in [5.74, 6) is -0.169. The summed E-state index contributed by atoms with van der Waals surface area (Å²) < 4.78 is 23.6. The van der Waals surface area contributed by atoms with Gasteiger partial charge in [0.1, 0.15) is 11.7 Å². The van der Waals surface area contributed by atoms with Crippen molar-refractivity contribution in [2.75, 3.05) is 29.9 Å². The van der Waals surface area contributed by atoms with Crippen LogP contribution in [0.3, 0.4) is 0 Å². The van der Waals surface area contributed by atoms with Gasteiger partial charge in [-0.25, -0.2) is 8.42 Å². The molecule has 0 spiro atoms. The quantitative estimate of drug-likeness (QED) is 0.661. The molecule has 8 nitrogen and oxygen atoms in total. The molecule has 1 fully saturated rings. The second-order valence-corrected chi connectivity index (χ2v) is 9.90. The van der Waals surface area contributed by atoms with Crippen LogP contribution in [0, 0.1) is 0 Å². The molecule has 0 saturated carbocycles. The van der Waals surface area contributed by atoms with Crippen LogP contribution in [0.15, 0.2) is 54.7 Å². The Hall–Kier alpha value is -2.69. The van der Waals surface area contributed by atoms with Crippen molar-refractivity contribution in [3.63, 3.8) is 0 Å². The smallest absolute Gasteiger partial charge is 0.248 e. The maximum absolute atomic E-state index is 13.1. The second-order valence-electron chi connectivity index (χ2n) is 6.62. The summed E-state index contributed by atoms with van der Waals surface area (Å²) in [6.45, 7) is 0.620. The predicted molar refractivity (Wildman–Crippen MR) is 111 cm³/mol. The molecule has 3 heterocycles. The van der Waals surface area contributed by atoms with E-state index >= 15 is 0 Å². The molecule has 3 aromatic rings. The molecular formula is C19H19N5O3S2. The first kappa shape index (κ1) is 19.6. The number of benzene rings is 1. The third-order valence-corrected chi connectivity index (χ3v) is 7.12. The molecule has 1 aromatic carbocycles. The Morgan fingerprint density at radius 1 is 1.03 bits per heavy atom. The maximum atomic E-state index is 13.1. The highest BCUT2D eigenvalue weighted by molar-refractivity contribution is 7.91. The second kappa shape index (κ2) is 8.36. The van der Waals surface area contributed by atoms with Crippen molar-refractivity contribution < 1.29 is 13.2 Å². The Kier molecular flexibility index (Phi) is 5.65. The van der Waals surface area contributed by atoms with Crippen LogP contribution in [0.25, 0.3) is 10.7 Å². The van der Waals surface area contributed by atoms with Crippen molar-refractivity contribution >= 4 is 32.2 Å². The van der Waals surface area contributed by atoms with Crippen LogP contribution in [-0.4, -0.2) is 59.0 Å². The fourth-order valence-corrected chi connectivity index (χ4v) is 5.14. The number of amides is 1. The van der Waals surface area contributed by atoms with E-state index in [4.69, 9.17) is 0 Å². The maximum Gasteiger partial charge on any atom is 0.248 e. The topological polar surface area (TPSA) is 105 Å². The summed E-state index contributed by atoms with van der Waals surface area (Å²) in [7, 11) is -3.04. The molecule has 1 aliphatic rings. The van der Waals surface area contributed by atoms with E-state index in [1.807, 2.05) is 53.4 Å². The van der Waals surface area contributed by atoms with Gasteiger partial charge in [0.15, 0.2) is 14.8 Å². The third-order valence-electron chi connectivity index (χ3n) is 4.65. The van der Waals surface area contributed by atoms with E-state index in [-0.39, 0.29) is 17.4 Å². The van der Waals surface area contributed by atoms with E-state index < -0.39 is 15.9 Å². The molecule has 29 heavy (non-hydrogen) atoms. The molecule has 0 radical (unpaired) electrons. The van der Waals surface area contributed by atoms with Gasteiger partial charge in [-0.2, -0.15) is 0 Å². The van der Waals surface area contributed by atoms with Crippen LogP contribution in [0.2, 0.25) is 0 Å². The van der Waals surface area contributed by atoms with Gasteiger partial charge in [-0.3, -0.25) is 20.0 Å². The van der Waals surface area contributed by atoms with Gasteiger partial charge in [-0.05, 0) is 17.7 Å². The number of rotatable bonds is 5. The molecule has 1 aliphatic heterocycles. The highest BCUT2D eigenvalue weighted by atomic mass is 32.2. The molecular weight excluding hydrogens is 410 g/mol. The number of hydrogen-bond acceptors (Lipinski definition) is 8. The SMILES string of the molecule is O=C(Nc1nnc(-c2ccccn2)s1)C(c1ccccc1)N1CCS(=O)(=O)CC1. The number of pyridine rings is 1. The van der Waals surface area contributed by atoms with Gasteiger partial charge in [0.05, 0.1) is 11.5 Å². The van der Waals surface area contributed by atoms with Gasteiger partial charge in [-0.1, -0.05) is 47.7 Å². The molecule has 4 rings (SSSR count). The van der Waals surface area contributed by atoms with E-state index in [0.29, 0.717) is 28.9 Å². The van der Waals surface area contributed by atoms with Gasteiger partial charge >= 0.3 is 0 Å². The average molecular weight is 430 g/mol. The average Bonchev–Trinajstić information content (AvgIpc) is 3.19. The summed E-state index contributed by atoms with van der Waals surface area (Å²) in [6, 6.07) is 14.2. The summed E-state index contributed by atoms with van der Waals surface area (Å²) in [5.41, 5.74) is 1.49. The Morgan fingerprint density at radius 2 is 1.76 bits per heavy atom. The molecule has 10 heteroatoms. The van der Waals surface area contributed by atoms with Crippen molar-refractivity contribution in [1.29, 1.82) is 0 Å².